The predicted octanol–water partition coefficient (Wildman–Crippen LogP) is -3.17. The first-order chi connectivity index (χ1) is 44.3. The summed E-state index contributed by atoms with van der Waals surface area (Å²) in [6.07, 6.45) is -1.72. The first kappa shape index (κ1) is 89.4. The molecule has 0 saturated heterocycles. The average molecular weight is 1390 g/mol. The van der Waals surface area contributed by atoms with Gasteiger partial charge in [-0.15, -0.1) is 0 Å². The van der Waals surface area contributed by atoms with Crippen molar-refractivity contribution in [1.82, 2.24) is 63.8 Å². The van der Waals surface area contributed by atoms with Crippen LogP contribution in [0.25, 0.3) is 0 Å². The number of carbonyl (C=O) groups excluding carboxylic acids is 16. The summed E-state index contributed by atoms with van der Waals surface area (Å²) in [5.41, 5.74) is 15.4. The Labute approximate surface area is 575 Å². The Morgan fingerprint density at radius 1 is 0.306 bits per heavy atom. The van der Waals surface area contributed by atoms with Gasteiger partial charge in [-0.25, -0.2) is 4.79 Å². The summed E-state index contributed by atoms with van der Waals surface area (Å²) in [5.74, 6) is -14.4. The zero-order chi connectivity index (χ0) is 76.8. The Morgan fingerprint density at radius 2 is 0.551 bits per heavy atom. The van der Waals surface area contributed by atoms with E-state index in [4.69, 9.17) is 33.4 Å². The van der Waals surface area contributed by atoms with Crippen LogP contribution in [0.3, 0.4) is 0 Å². The molecule has 34 heteroatoms. The highest BCUT2D eigenvalue weighted by atomic mass is 16.5. The Hall–Kier alpha value is -8.56. The number of rotatable bonds is 42. The van der Waals surface area contributed by atoms with E-state index in [9.17, 15) is 76.7 Å². The van der Waals surface area contributed by atoms with Gasteiger partial charge in [0, 0.05) is 25.3 Å². The highest BCUT2D eigenvalue weighted by Gasteiger charge is 2.45. The molecule has 0 heterocycles. The van der Waals surface area contributed by atoms with Crippen LogP contribution in [0.15, 0.2) is 0 Å². The summed E-state index contributed by atoms with van der Waals surface area (Å²) in [5, 5.41) is 30.4. The summed E-state index contributed by atoms with van der Waals surface area (Å²) < 4.78 is 5.35. The van der Waals surface area contributed by atoms with Gasteiger partial charge in [0.1, 0.15) is 75.6 Å². The molecule has 0 radical (unpaired) electrons. The van der Waals surface area contributed by atoms with Crippen LogP contribution >= 0.6 is 0 Å². The minimum absolute atomic E-state index is 0.0258. The Kier molecular flexibility index (Phi) is 34.1. The van der Waals surface area contributed by atoms with Crippen LogP contribution in [0.2, 0.25) is 0 Å². The number of esters is 1. The monoisotopic (exact) mass is 1390 g/mol. The second-order valence-corrected chi connectivity index (χ2v) is 29.9. The highest BCUT2D eigenvalue weighted by Crippen LogP contribution is 2.18. The summed E-state index contributed by atoms with van der Waals surface area (Å²) in [6, 6.07) is -8.67. The lowest BCUT2D eigenvalue weighted by Gasteiger charge is -2.36. The van der Waals surface area contributed by atoms with Crippen molar-refractivity contribution in [2.45, 2.75) is 284 Å². The van der Waals surface area contributed by atoms with E-state index < -0.39 is 201 Å². The number of amides is 15. The molecule has 0 aliphatic rings. The zero-order valence-corrected chi connectivity index (χ0v) is 61.2. The third-order valence-electron chi connectivity index (χ3n) is 15.2. The maximum absolute atomic E-state index is 14.1. The Balaban J connectivity index is 6.51. The second-order valence-electron chi connectivity index (χ2n) is 29.9. The molecule has 0 rings (SSSR count). The molecular formula is C64H115N17O17. The smallest absolute Gasteiger partial charge is 0.328 e. The van der Waals surface area contributed by atoms with Crippen LogP contribution in [0.5, 0.6) is 0 Å². The van der Waals surface area contributed by atoms with Crippen LogP contribution in [-0.2, 0) is 81.4 Å². The number of ether oxygens (including phenoxy) is 1. The van der Waals surface area contributed by atoms with Gasteiger partial charge < -0.3 is 97.2 Å². The van der Waals surface area contributed by atoms with Gasteiger partial charge in [0.05, 0.1) is 6.04 Å². The van der Waals surface area contributed by atoms with Gasteiger partial charge in [0.25, 0.3) is 0 Å². The van der Waals surface area contributed by atoms with Crippen LogP contribution in [0, 0.1) is 17.8 Å². The van der Waals surface area contributed by atoms with Crippen molar-refractivity contribution in [3.05, 3.63) is 0 Å². The molecule has 1 unspecified atom stereocenters. The molecule has 0 spiro atoms. The van der Waals surface area contributed by atoms with Crippen molar-refractivity contribution in [3.63, 3.8) is 0 Å². The fraction of sp³-hybridized carbons (Fsp3) is 0.750. The van der Waals surface area contributed by atoms with E-state index in [-0.39, 0.29) is 50.0 Å². The van der Waals surface area contributed by atoms with Gasteiger partial charge in [0.2, 0.25) is 88.6 Å². The molecule has 34 nitrogen and oxygen atoms in total. The molecule has 558 valence electrons. The molecule has 0 aromatic carbocycles. The lowest BCUT2D eigenvalue weighted by atomic mass is 9.95. The first-order valence-corrected chi connectivity index (χ1v) is 32.7. The predicted molar refractivity (Wildman–Crippen MR) is 361 cm³/mol. The quantitative estimate of drug-likeness (QED) is 0.0268. The number of nitrogens with one attached hydrogen (secondary N) is 12. The molecule has 22 N–H and O–H groups in total. The summed E-state index contributed by atoms with van der Waals surface area (Å²) in [4.78, 5) is 214. The summed E-state index contributed by atoms with van der Waals surface area (Å²) in [7, 11) is 0. The summed E-state index contributed by atoms with van der Waals surface area (Å²) >= 11 is 0. The third-order valence-corrected chi connectivity index (χ3v) is 15.2. The van der Waals surface area contributed by atoms with Gasteiger partial charge in [-0.2, -0.15) is 0 Å². The van der Waals surface area contributed by atoms with Crippen LogP contribution in [0.1, 0.15) is 203 Å². The molecular weight excluding hydrogens is 1280 g/mol. The molecule has 0 aliphatic carbocycles. The number of carbonyl (C=O) groups is 16. The van der Waals surface area contributed by atoms with E-state index in [1.165, 1.54) is 104 Å². The topological polar surface area (TPSA) is 557 Å². The van der Waals surface area contributed by atoms with E-state index in [0.717, 1.165) is 0 Å². The number of hydrogen-bond acceptors (Lipinski definition) is 19. The standard InChI is InChI=1S/C64H115N17O17/c1-32(2)28-36(66)31-98-50(90)39(24-27-44(69)84)73-52(92)59(10,11)77-48(88)40(29-33(3)4)70-46(86)37(22-25-42(67)82)71-53(93)60(12,13)80-57(97)64(20,21)81-56(96)63(18,19)76-47(87)38(23-26-43(68)83)72-51(91)58(8,9)78-49(89)41(30-34(5)6)74-54(94)61(14,15)79-55(95)62(16,17)75-45(85)35(7)65/h32-41H,22-31,65-66H2,1-21H3,(H2,67,82)(H2,68,83)(H2,69,84)(H,70,86)(H,71,93)(H,72,91)(H,73,92)(H,74,94)(H,75,85)(H,76,87)(H,77,88)(H,78,89)(H,79,95)(H,80,97)(H,81,96)/t35-,36?,37-,38-,39-,40-,41-/m0/s1. The molecule has 0 fully saturated rings. The van der Waals surface area contributed by atoms with Gasteiger partial charge in [0.15, 0.2) is 0 Å². The fourth-order valence-electron chi connectivity index (χ4n) is 8.97. The highest BCUT2D eigenvalue weighted by molar-refractivity contribution is 6.03. The Bertz CT molecular complexity index is 2920. The minimum atomic E-state index is -1.91. The van der Waals surface area contributed by atoms with Gasteiger partial charge >= 0.3 is 5.97 Å². The first-order valence-electron chi connectivity index (χ1n) is 32.7. The van der Waals surface area contributed by atoms with E-state index in [2.05, 4.69) is 63.8 Å². The number of nitrogens with two attached hydrogens (primary N) is 5. The van der Waals surface area contributed by atoms with E-state index in [1.807, 2.05) is 13.8 Å². The second kappa shape index (κ2) is 37.4. The van der Waals surface area contributed by atoms with Gasteiger partial charge in [-0.3, -0.25) is 71.9 Å². The van der Waals surface area contributed by atoms with Crippen LogP contribution in [0.4, 0.5) is 0 Å². The zero-order valence-electron chi connectivity index (χ0n) is 61.2. The Morgan fingerprint density at radius 3 is 0.867 bits per heavy atom. The van der Waals surface area contributed by atoms with Crippen molar-refractivity contribution in [2.75, 3.05) is 6.61 Å². The summed E-state index contributed by atoms with van der Waals surface area (Å²) in [6.45, 7) is 30.4. The SMILES string of the molecule is CC(C)CC(N)COC(=O)[C@H](CCC(N)=O)NC(=O)C(C)(C)NC(=O)[C@H](CC(C)C)NC(=O)[C@H](CCC(N)=O)NC(=O)C(C)(C)NC(=O)C(C)(C)NC(=O)C(C)(C)NC(=O)[C@H](CCC(N)=O)NC(=O)C(C)(C)NC(=O)[C@H](CC(C)C)NC(=O)C(C)(C)NC(=O)C(C)(C)NC(=O)[C@H](C)N. The molecule has 0 bridgehead atoms. The van der Waals surface area contributed by atoms with E-state index >= 15 is 0 Å². The molecule has 0 aromatic rings. The largest absolute Gasteiger partial charge is 0.463 e. The average Bonchev–Trinajstić information content (AvgIpc) is 0.827. The van der Waals surface area contributed by atoms with E-state index in [1.54, 1.807) is 27.7 Å². The van der Waals surface area contributed by atoms with Crippen molar-refractivity contribution >= 4 is 94.6 Å². The van der Waals surface area contributed by atoms with E-state index in [0.29, 0.717) is 6.42 Å². The van der Waals surface area contributed by atoms with Crippen molar-refractivity contribution in [1.29, 1.82) is 0 Å². The molecule has 7 atom stereocenters. The van der Waals surface area contributed by atoms with Gasteiger partial charge in [-0.1, -0.05) is 41.5 Å². The fourth-order valence-corrected chi connectivity index (χ4v) is 8.97. The molecule has 98 heavy (non-hydrogen) atoms. The molecule has 0 saturated carbocycles. The molecule has 0 aromatic heterocycles. The third kappa shape index (κ3) is 31.3. The van der Waals surface area contributed by atoms with Crippen molar-refractivity contribution in [2.24, 2.45) is 46.4 Å². The lowest BCUT2D eigenvalue weighted by molar-refractivity contribution is -0.149. The van der Waals surface area contributed by atoms with Gasteiger partial charge in [-0.05, 0) is 160 Å². The maximum atomic E-state index is 14.1. The van der Waals surface area contributed by atoms with Crippen molar-refractivity contribution in [3.8, 4) is 0 Å². The van der Waals surface area contributed by atoms with Crippen LogP contribution in [-0.4, -0.2) is 182 Å². The number of hydrogen-bond donors (Lipinski definition) is 17. The maximum Gasteiger partial charge on any atom is 0.328 e. The lowest BCUT2D eigenvalue weighted by Crippen LogP contribution is -2.68. The van der Waals surface area contributed by atoms with Crippen LogP contribution < -0.4 is 92.5 Å². The minimum Gasteiger partial charge on any atom is -0.463 e. The molecule has 0 aliphatic heterocycles. The number of primary amides is 3. The normalized spacial score (nSPS) is 14.4. The molecule has 15 amide bonds. The van der Waals surface area contributed by atoms with Crippen molar-refractivity contribution < 1.29 is 81.4 Å².